The average molecular weight is 265 g/mol. The lowest BCUT2D eigenvalue weighted by molar-refractivity contribution is -0.130. The number of benzene rings is 1. The van der Waals surface area contributed by atoms with E-state index in [-0.39, 0.29) is 11.5 Å². The smallest absolute Gasteiger partial charge is 0.335 e. The molecule has 0 aliphatic heterocycles. The lowest BCUT2D eigenvalue weighted by Crippen LogP contribution is -2.38. The fourth-order valence-electron chi connectivity index (χ4n) is 1.61. The van der Waals surface area contributed by atoms with Crippen molar-refractivity contribution in [2.45, 2.75) is 19.9 Å². The van der Waals surface area contributed by atoms with Crippen molar-refractivity contribution in [3.05, 3.63) is 23.8 Å². The minimum atomic E-state index is -1.03. The van der Waals surface area contributed by atoms with Crippen LogP contribution in [0.25, 0.3) is 0 Å². The van der Waals surface area contributed by atoms with Crippen molar-refractivity contribution in [3.63, 3.8) is 0 Å². The van der Waals surface area contributed by atoms with E-state index in [1.807, 2.05) is 6.92 Å². The van der Waals surface area contributed by atoms with E-state index in [1.54, 1.807) is 24.9 Å². The number of carboxylic acid groups (broad SMARTS) is 1. The highest BCUT2D eigenvalue weighted by atomic mass is 16.4. The summed E-state index contributed by atoms with van der Waals surface area (Å²) in [4.78, 5) is 24.3. The summed E-state index contributed by atoms with van der Waals surface area (Å²) in [7, 11) is 1.72. The predicted octanol–water partition coefficient (Wildman–Crippen LogP) is 1.25. The molecule has 1 amide bonds. The Bertz CT molecular complexity index is 488. The third-order valence-electron chi connectivity index (χ3n) is 2.89. The Morgan fingerprint density at radius 2 is 2.11 bits per heavy atom. The molecule has 0 heterocycles. The quantitative estimate of drug-likeness (QED) is 0.696. The van der Waals surface area contributed by atoms with Gasteiger partial charge in [-0.3, -0.25) is 4.79 Å². The molecule has 4 N–H and O–H groups in total. The highest BCUT2D eigenvalue weighted by Crippen LogP contribution is 2.21. The van der Waals surface area contributed by atoms with E-state index in [0.29, 0.717) is 17.9 Å². The van der Waals surface area contributed by atoms with Crippen LogP contribution < -0.4 is 11.1 Å². The summed E-state index contributed by atoms with van der Waals surface area (Å²) in [6.07, 6.45) is 0. The lowest BCUT2D eigenvalue weighted by Gasteiger charge is -2.22. The molecule has 0 aromatic heterocycles. The first-order chi connectivity index (χ1) is 8.86. The molecular formula is C13H19N3O3. The summed E-state index contributed by atoms with van der Waals surface area (Å²) >= 11 is 0. The maximum atomic E-state index is 11.9. The first-order valence-corrected chi connectivity index (χ1v) is 6.01. The van der Waals surface area contributed by atoms with Gasteiger partial charge in [0.15, 0.2) is 0 Å². The van der Waals surface area contributed by atoms with Crippen LogP contribution in [0.15, 0.2) is 18.2 Å². The van der Waals surface area contributed by atoms with Crippen LogP contribution >= 0.6 is 0 Å². The second kappa shape index (κ2) is 6.08. The maximum absolute atomic E-state index is 11.9. The Hall–Kier alpha value is -2.24. The topological polar surface area (TPSA) is 95.7 Å². The summed E-state index contributed by atoms with van der Waals surface area (Å²) in [5.41, 5.74) is 6.74. The first kappa shape index (κ1) is 14.8. The van der Waals surface area contributed by atoms with Crippen molar-refractivity contribution < 1.29 is 14.7 Å². The van der Waals surface area contributed by atoms with Gasteiger partial charge in [-0.15, -0.1) is 0 Å². The van der Waals surface area contributed by atoms with Crippen LogP contribution in [0.4, 0.5) is 11.4 Å². The molecule has 1 aromatic rings. The predicted molar refractivity (Wildman–Crippen MR) is 74.2 cm³/mol. The van der Waals surface area contributed by atoms with Crippen molar-refractivity contribution in [1.82, 2.24) is 4.90 Å². The van der Waals surface area contributed by atoms with E-state index in [4.69, 9.17) is 10.8 Å². The van der Waals surface area contributed by atoms with Gasteiger partial charge in [0.25, 0.3) is 0 Å². The molecule has 104 valence electrons. The first-order valence-electron chi connectivity index (χ1n) is 6.01. The Balaban J connectivity index is 2.83. The molecule has 0 aliphatic carbocycles. The number of nitrogens with two attached hydrogens (primary N) is 1. The molecule has 1 atom stereocenters. The minimum Gasteiger partial charge on any atom is -0.478 e. The van der Waals surface area contributed by atoms with Crippen LogP contribution in [-0.2, 0) is 4.79 Å². The van der Waals surface area contributed by atoms with Gasteiger partial charge in [-0.05, 0) is 32.0 Å². The molecule has 0 saturated carbocycles. The number of carboxylic acids is 1. The van der Waals surface area contributed by atoms with E-state index in [9.17, 15) is 9.59 Å². The largest absolute Gasteiger partial charge is 0.478 e. The van der Waals surface area contributed by atoms with Crippen LogP contribution in [0.2, 0.25) is 0 Å². The molecule has 1 unspecified atom stereocenters. The van der Waals surface area contributed by atoms with Gasteiger partial charge in [0.1, 0.15) is 6.04 Å². The van der Waals surface area contributed by atoms with Crippen LogP contribution in [0.5, 0.6) is 0 Å². The lowest BCUT2D eigenvalue weighted by atomic mass is 10.1. The molecule has 0 bridgehead atoms. The van der Waals surface area contributed by atoms with Gasteiger partial charge in [0.05, 0.1) is 16.9 Å². The molecule has 6 nitrogen and oxygen atoms in total. The molecule has 0 spiro atoms. The SMILES string of the molecule is CCN(C)C(=O)C(C)Nc1ccc(C(=O)O)cc1N. The average Bonchev–Trinajstić information content (AvgIpc) is 2.38. The number of anilines is 2. The van der Waals surface area contributed by atoms with Crippen molar-refractivity contribution in [1.29, 1.82) is 0 Å². The maximum Gasteiger partial charge on any atom is 0.335 e. The second-order valence-electron chi connectivity index (χ2n) is 4.33. The number of amides is 1. The number of nitrogens with one attached hydrogen (secondary N) is 1. The van der Waals surface area contributed by atoms with Crippen LogP contribution in [0.1, 0.15) is 24.2 Å². The van der Waals surface area contributed by atoms with Crippen LogP contribution in [0.3, 0.4) is 0 Å². The number of carbonyl (C=O) groups excluding carboxylic acids is 1. The molecule has 0 aliphatic rings. The van der Waals surface area contributed by atoms with Crippen LogP contribution in [-0.4, -0.2) is 41.5 Å². The van der Waals surface area contributed by atoms with Crippen molar-refractivity contribution >= 4 is 23.3 Å². The molecule has 0 fully saturated rings. The highest BCUT2D eigenvalue weighted by Gasteiger charge is 2.17. The van der Waals surface area contributed by atoms with E-state index in [0.717, 1.165) is 0 Å². The molecule has 19 heavy (non-hydrogen) atoms. The number of aromatic carboxylic acids is 1. The number of hydrogen-bond donors (Lipinski definition) is 3. The summed E-state index contributed by atoms with van der Waals surface area (Å²) < 4.78 is 0. The third kappa shape index (κ3) is 3.61. The molecule has 1 rings (SSSR count). The summed E-state index contributed by atoms with van der Waals surface area (Å²) in [6, 6.07) is 3.95. The summed E-state index contributed by atoms with van der Waals surface area (Å²) in [5.74, 6) is -1.09. The van der Waals surface area contributed by atoms with Crippen molar-refractivity contribution in [3.8, 4) is 0 Å². The summed E-state index contributed by atoms with van der Waals surface area (Å²) in [6.45, 7) is 4.25. The molecule has 6 heteroatoms. The fourth-order valence-corrected chi connectivity index (χ4v) is 1.61. The number of hydrogen-bond acceptors (Lipinski definition) is 4. The number of likely N-dealkylation sites (N-methyl/N-ethyl adjacent to an activating group) is 1. The Kier molecular flexibility index (Phi) is 4.74. The third-order valence-corrected chi connectivity index (χ3v) is 2.89. The normalized spacial score (nSPS) is 11.7. The number of nitrogens with zero attached hydrogens (tertiary/aromatic N) is 1. The van der Waals surface area contributed by atoms with E-state index < -0.39 is 12.0 Å². The van der Waals surface area contributed by atoms with Gasteiger partial charge >= 0.3 is 5.97 Å². The Labute approximate surface area is 112 Å². The minimum absolute atomic E-state index is 0.0517. The van der Waals surface area contributed by atoms with Gasteiger partial charge in [0, 0.05) is 13.6 Å². The zero-order chi connectivity index (χ0) is 14.6. The Morgan fingerprint density at radius 1 is 1.47 bits per heavy atom. The molecule has 0 saturated heterocycles. The highest BCUT2D eigenvalue weighted by molar-refractivity contribution is 5.91. The second-order valence-corrected chi connectivity index (χ2v) is 4.33. The van der Waals surface area contributed by atoms with Crippen LogP contribution in [0, 0.1) is 0 Å². The van der Waals surface area contributed by atoms with E-state index in [2.05, 4.69) is 5.32 Å². The molecular weight excluding hydrogens is 246 g/mol. The Morgan fingerprint density at radius 3 is 2.58 bits per heavy atom. The number of nitrogen functional groups attached to an aromatic ring is 1. The molecule has 1 aromatic carbocycles. The zero-order valence-corrected chi connectivity index (χ0v) is 11.3. The van der Waals surface area contributed by atoms with E-state index >= 15 is 0 Å². The standard InChI is InChI=1S/C13H19N3O3/c1-4-16(3)12(17)8(2)15-11-6-5-9(13(18)19)7-10(11)14/h5-8,15H,4,14H2,1-3H3,(H,18,19). The number of carbonyl (C=O) groups is 2. The van der Waals surface area contributed by atoms with E-state index in [1.165, 1.54) is 12.1 Å². The fraction of sp³-hybridized carbons (Fsp3) is 0.385. The zero-order valence-electron chi connectivity index (χ0n) is 11.3. The number of rotatable bonds is 5. The van der Waals surface area contributed by atoms with Crippen molar-refractivity contribution in [2.75, 3.05) is 24.6 Å². The molecule has 0 radical (unpaired) electrons. The van der Waals surface area contributed by atoms with Gasteiger partial charge < -0.3 is 21.1 Å². The van der Waals surface area contributed by atoms with Gasteiger partial charge in [-0.1, -0.05) is 0 Å². The van der Waals surface area contributed by atoms with Gasteiger partial charge in [-0.25, -0.2) is 4.79 Å². The summed E-state index contributed by atoms with van der Waals surface area (Å²) in [5, 5.41) is 11.8. The van der Waals surface area contributed by atoms with Gasteiger partial charge in [-0.2, -0.15) is 0 Å². The van der Waals surface area contributed by atoms with Crippen molar-refractivity contribution in [2.24, 2.45) is 0 Å². The van der Waals surface area contributed by atoms with Gasteiger partial charge in [0.2, 0.25) is 5.91 Å². The monoisotopic (exact) mass is 265 g/mol.